The van der Waals surface area contributed by atoms with Crippen LogP contribution in [0.1, 0.15) is 22.3 Å². The standard InChI is InChI=1S/C56H50N2O4/c1-3-41-11-13-45-15-17-47(51-25-19-43(5-1)53(41)55(45)51)37-57-27-29-59-31-32-60-30-28-58(36-40-9-23-50(24-10-40)62-34-33-61-49-21-7-39(35-57)8-22-49)38-48-18-16-46-14-12-42-4-2-6-44-20-26-52(48)56(46)54(42)44/h1-26H,27-38H2. The van der Waals surface area contributed by atoms with Crippen LogP contribution in [0.25, 0.3) is 64.6 Å². The summed E-state index contributed by atoms with van der Waals surface area (Å²) in [4.78, 5) is 4.99. The molecular weight excluding hydrogens is 765 g/mol. The van der Waals surface area contributed by atoms with Crippen molar-refractivity contribution >= 4 is 64.6 Å². The van der Waals surface area contributed by atoms with E-state index in [1.165, 1.54) is 86.9 Å². The number of ether oxygens (including phenoxy) is 4. The van der Waals surface area contributed by atoms with E-state index in [2.05, 4.69) is 168 Å². The zero-order valence-corrected chi connectivity index (χ0v) is 35.0. The number of fused-ring (bicyclic) bond motifs is 2. The molecule has 4 bridgehead atoms. The molecule has 13 rings (SSSR count). The average molecular weight is 815 g/mol. The van der Waals surface area contributed by atoms with Gasteiger partial charge in [0.1, 0.15) is 24.7 Å². The van der Waals surface area contributed by atoms with Crippen molar-refractivity contribution in [3.05, 3.63) is 180 Å². The first-order chi connectivity index (χ1) is 30.7. The summed E-state index contributed by atoms with van der Waals surface area (Å²) in [5.74, 6) is 1.68. The number of rotatable bonds is 4. The van der Waals surface area contributed by atoms with Gasteiger partial charge in [0.05, 0.1) is 26.4 Å². The van der Waals surface area contributed by atoms with E-state index in [-0.39, 0.29) is 0 Å². The van der Waals surface area contributed by atoms with Crippen molar-refractivity contribution in [3.8, 4) is 11.5 Å². The topological polar surface area (TPSA) is 43.4 Å². The Hall–Kier alpha value is -6.28. The van der Waals surface area contributed by atoms with E-state index in [1.807, 2.05) is 0 Å². The molecule has 0 saturated carbocycles. The summed E-state index contributed by atoms with van der Waals surface area (Å²) >= 11 is 0. The van der Waals surface area contributed by atoms with Crippen LogP contribution in [0.3, 0.4) is 0 Å². The first kappa shape index (κ1) is 38.6. The lowest BCUT2D eigenvalue weighted by Gasteiger charge is -2.25. The van der Waals surface area contributed by atoms with Gasteiger partial charge in [0, 0.05) is 39.3 Å². The fourth-order valence-corrected chi connectivity index (χ4v) is 9.70. The Bertz CT molecular complexity index is 2870. The average Bonchev–Trinajstić information content (AvgIpc) is 3.31. The number of hydrogen-bond donors (Lipinski definition) is 0. The molecule has 3 aliphatic heterocycles. The second kappa shape index (κ2) is 17.2. The largest absolute Gasteiger partial charge is 0.490 e. The quantitative estimate of drug-likeness (QED) is 0.165. The highest BCUT2D eigenvalue weighted by Crippen LogP contribution is 2.38. The van der Waals surface area contributed by atoms with Gasteiger partial charge in [-0.05, 0) is 111 Å². The van der Waals surface area contributed by atoms with Crippen molar-refractivity contribution < 1.29 is 18.9 Å². The van der Waals surface area contributed by atoms with Gasteiger partial charge >= 0.3 is 0 Å². The minimum atomic E-state index is 0.465. The number of nitrogens with zero attached hydrogens (tertiary/aromatic N) is 2. The van der Waals surface area contributed by atoms with Gasteiger partial charge in [0.15, 0.2) is 0 Å². The van der Waals surface area contributed by atoms with E-state index in [1.54, 1.807) is 0 Å². The van der Waals surface area contributed by atoms with Crippen LogP contribution in [0, 0.1) is 0 Å². The van der Waals surface area contributed by atoms with Crippen molar-refractivity contribution in [3.63, 3.8) is 0 Å². The Balaban J connectivity index is 0.812. The molecule has 0 N–H and O–H groups in total. The summed E-state index contributed by atoms with van der Waals surface area (Å²) in [6.45, 7) is 8.07. The minimum Gasteiger partial charge on any atom is -0.490 e. The van der Waals surface area contributed by atoms with Crippen molar-refractivity contribution in [1.29, 1.82) is 0 Å². The molecule has 62 heavy (non-hydrogen) atoms. The third-order valence-electron chi connectivity index (χ3n) is 12.8. The maximum absolute atomic E-state index is 6.28. The van der Waals surface area contributed by atoms with Crippen molar-refractivity contribution in [2.45, 2.75) is 26.2 Å². The van der Waals surface area contributed by atoms with Gasteiger partial charge in [0.25, 0.3) is 0 Å². The van der Waals surface area contributed by atoms with E-state index < -0.39 is 0 Å². The molecule has 0 unspecified atom stereocenters. The molecule has 3 aliphatic rings. The van der Waals surface area contributed by atoms with Gasteiger partial charge in [-0.1, -0.05) is 133 Å². The third kappa shape index (κ3) is 7.87. The van der Waals surface area contributed by atoms with Gasteiger partial charge in [0.2, 0.25) is 0 Å². The smallest absolute Gasteiger partial charge is 0.122 e. The number of hydrogen-bond acceptors (Lipinski definition) is 6. The molecule has 0 atom stereocenters. The van der Waals surface area contributed by atoms with Crippen LogP contribution in [-0.2, 0) is 35.7 Å². The number of benzene rings is 10. The summed E-state index contributed by atoms with van der Waals surface area (Å²) in [5, 5.41) is 15.8. The molecule has 0 saturated heterocycles. The highest BCUT2D eigenvalue weighted by Gasteiger charge is 2.17. The maximum Gasteiger partial charge on any atom is 0.122 e. The van der Waals surface area contributed by atoms with Crippen LogP contribution in [0.2, 0.25) is 0 Å². The summed E-state index contributed by atoms with van der Waals surface area (Å²) in [7, 11) is 0. The summed E-state index contributed by atoms with van der Waals surface area (Å²) < 4.78 is 24.8. The first-order valence-electron chi connectivity index (χ1n) is 22.0. The zero-order valence-electron chi connectivity index (χ0n) is 35.0. The summed E-state index contributed by atoms with van der Waals surface area (Å²) in [6, 6.07) is 57.5. The van der Waals surface area contributed by atoms with Crippen LogP contribution in [0.4, 0.5) is 0 Å². The molecule has 0 spiro atoms. The molecule has 0 amide bonds. The second-order valence-electron chi connectivity index (χ2n) is 16.8. The normalized spacial score (nSPS) is 15.9. The van der Waals surface area contributed by atoms with Gasteiger partial charge in [-0.25, -0.2) is 0 Å². The van der Waals surface area contributed by atoms with Crippen molar-refractivity contribution in [1.82, 2.24) is 9.80 Å². The molecule has 0 aromatic heterocycles. The zero-order chi connectivity index (χ0) is 41.2. The van der Waals surface area contributed by atoms with Crippen LogP contribution >= 0.6 is 0 Å². The SMILES string of the molecule is c1cc2ccc3ccc(CN4CCOCCOCCN(Cc5ccc6ccc7cccc8ccc5c6c78)Cc5ccc(cc5)OCCOc5ccc(cc5)C4)c4ccc(c1)c2c34. The molecule has 3 heterocycles. The van der Waals surface area contributed by atoms with Crippen LogP contribution < -0.4 is 9.47 Å². The molecule has 0 aliphatic carbocycles. The molecule has 10 aromatic carbocycles. The lowest BCUT2D eigenvalue weighted by atomic mass is 9.92. The lowest BCUT2D eigenvalue weighted by Crippen LogP contribution is -2.28. The van der Waals surface area contributed by atoms with E-state index in [4.69, 9.17) is 18.9 Å². The molecule has 6 heteroatoms. The van der Waals surface area contributed by atoms with Crippen molar-refractivity contribution in [2.24, 2.45) is 0 Å². The van der Waals surface area contributed by atoms with Crippen LogP contribution in [-0.4, -0.2) is 62.5 Å². The van der Waals surface area contributed by atoms with E-state index in [0.717, 1.165) is 50.8 Å². The molecule has 10 aromatic rings. The predicted octanol–water partition coefficient (Wildman–Crippen LogP) is 12.0. The summed E-state index contributed by atoms with van der Waals surface area (Å²) in [6.07, 6.45) is 0. The molecule has 0 radical (unpaired) electrons. The second-order valence-corrected chi connectivity index (χ2v) is 16.8. The molecule has 308 valence electrons. The minimum absolute atomic E-state index is 0.465. The highest BCUT2D eigenvalue weighted by molar-refractivity contribution is 6.24. The van der Waals surface area contributed by atoms with Gasteiger partial charge in [-0.2, -0.15) is 0 Å². The Morgan fingerprint density at radius 2 is 0.710 bits per heavy atom. The molecule has 6 nitrogen and oxygen atoms in total. The van der Waals surface area contributed by atoms with E-state index in [0.29, 0.717) is 39.6 Å². The maximum atomic E-state index is 6.28. The predicted molar refractivity (Wildman–Crippen MR) is 254 cm³/mol. The summed E-state index contributed by atoms with van der Waals surface area (Å²) in [5.41, 5.74) is 5.12. The Morgan fingerprint density at radius 3 is 1.13 bits per heavy atom. The highest BCUT2D eigenvalue weighted by atomic mass is 16.5. The first-order valence-corrected chi connectivity index (χ1v) is 22.0. The van der Waals surface area contributed by atoms with Crippen molar-refractivity contribution in [2.75, 3.05) is 52.7 Å². The Labute approximate surface area is 362 Å². The van der Waals surface area contributed by atoms with E-state index >= 15 is 0 Å². The fourth-order valence-electron chi connectivity index (χ4n) is 9.70. The molecule has 0 fully saturated rings. The Morgan fingerprint density at radius 1 is 0.339 bits per heavy atom. The Kier molecular flexibility index (Phi) is 10.7. The fraction of sp³-hybridized carbons (Fsp3) is 0.214. The van der Waals surface area contributed by atoms with Gasteiger partial charge in [-0.15, -0.1) is 0 Å². The monoisotopic (exact) mass is 814 g/mol. The van der Waals surface area contributed by atoms with Gasteiger partial charge < -0.3 is 18.9 Å². The lowest BCUT2D eigenvalue weighted by molar-refractivity contribution is 0.0284. The van der Waals surface area contributed by atoms with Gasteiger partial charge in [-0.3, -0.25) is 9.80 Å². The molecular formula is C56H50N2O4. The van der Waals surface area contributed by atoms with Crippen LogP contribution in [0.5, 0.6) is 11.5 Å². The van der Waals surface area contributed by atoms with E-state index in [9.17, 15) is 0 Å². The third-order valence-corrected chi connectivity index (χ3v) is 12.8. The van der Waals surface area contributed by atoms with Crippen LogP contribution in [0.15, 0.2) is 158 Å².